The zero-order valence-corrected chi connectivity index (χ0v) is 16.2. The first-order valence-electron chi connectivity index (χ1n) is 9.92. The van der Waals surface area contributed by atoms with E-state index in [1.807, 2.05) is 17.0 Å². The Morgan fingerprint density at radius 3 is 2.43 bits per heavy atom. The summed E-state index contributed by atoms with van der Waals surface area (Å²) in [7, 11) is 2.10. The van der Waals surface area contributed by atoms with Crippen LogP contribution in [0.2, 0.25) is 0 Å². The molecule has 28 heavy (non-hydrogen) atoms. The number of benzene rings is 1. The number of piperidine rings is 1. The molecule has 6 nitrogen and oxygen atoms in total. The van der Waals surface area contributed by atoms with Crippen molar-refractivity contribution in [2.75, 3.05) is 51.2 Å². The summed E-state index contributed by atoms with van der Waals surface area (Å²) in [6.07, 6.45) is 1.91. The van der Waals surface area contributed by atoms with Crippen molar-refractivity contribution >= 4 is 11.7 Å². The fourth-order valence-electron chi connectivity index (χ4n) is 3.94. The van der Waals surface area contributed by atoms with Crippen LogP contribution in [0.25, 0.3) is 11.3 Å². The Morgan fingerprint density at radius 1 is 1.00 bits per heavy atom. The number of carbonyl (C=O) groups is 1. The fraction of sp³-hybridized carbons (Fsp3) is 0.476. The molecule has 7 heteroatoms. The molecular weight excluding hydrogens is 357 g/mol. The minimum Gasteiger partial charge on any atom is -0.354 e. The molecule has 2 aliphatic rings. The molecule has 0 spiro atoms. The zero-order valence-electron chi connectivity index (χ0n) is 16.2. The van der Waals surface area contributed by atoms with E-state index in [0.717, 1.165) is 56.9 Å². The summed E-state index contributed by atoms with van der Waals surface area (Å²) >= 11 is 0. The standard InChI is InChI=1S/C21H26FN5O/c1-25-11-13-26(14-12-25)21(28)17-3-2-10-27(15-17)20-9-8-19(23-24-20)16-4-6-18(22)7-5-16/h4-9,17H,2-3,10-15H2,1H3. The van der Waals surface area contributed by atoms with E-state index in [-0.39, 0.29) is 17.6 Å². The molecule has 1 amide bonds. The largest absolute Gasteiger partial charge is 0.354 e. The Bertz CT molecular complexity index is 803. The number of rotatable bonds is 3. The Hall–Kier alpha value is -2.54. The highest BCUT2D eigenvalue weighted by molar-refractivity contribution is 5.80. The summed E-state index contributed by atoms with van der Waals surface area (Å²) in [6, 6.07) is 10.1. The second-order valence-electron chi connectivity index (χ2n) is 7.70. The molecule has 1 atom stereocenters. The maximum atomic E-state index is 13.1. The van der Waals surface area contributed by atoms with Gasteiger partial charge in [0.15, 0.2) is 5.82 Å². The summed E-state index contributed by atoms with van der Waals surface area (Å²) < 4.78 is 13.1. The summed E-state index contributed by atoms with van der Waals surface area (Å²) in [5.74, 6) is 0.823. The Labute approximate surface area is 165 Å². The van der Waals surface area contributed by atoms with E-state index in [4.69, 9.17) is 0 Å². The smallest absolute Gasteiger partial charge is 0.227 e. The minimum atomic E-state index is -0.266. The third kappa shape index (κ3) is 4.14. The average molecular weight is 383 g/mol. The lowest BCUT2D eigenvalue weighted by molar-refractivity contribution is -0.137. The highest BCUT2D eigenvalue weighted by Gasteiger charge is 2.31. The summed E-state index contributed by atoms with van der Waals surface area (Å²) in [6.45, 7) is 5.10. The van der Waals surface area contributed by atoms with E-state index >= 15 is 0 Å². The second-order valence-corrected chi connectivity index (χ2v) is 7.70. The molecule has 0 saturated carbocycles. The van der Waals surface area contributed by atoms with Crippen LogP contribution in [0.15, 0.2) is 36.4 Å². The van der Waals surface area contributed by atoms with Gasteiger partial charge in [-0.1, -0.05) is 0 Å². The zero-order chi connectivity index (χ0) is 19.5. The van der Waals surface area contributed by atoms with Crippen molar-refractivity contribution in [1.29, 1.82) is 0 Å². The fourth-order valence-corrected chi connectivity index (χ4v) is 3.94. The van der Waals surface area contributed by atoms with Crippen LogP contribution >= 0.6 is 0 Å². The van der Waals surface area contributed by atoms with Crippen LogP contribution in [0.5, 0.6) is 0 Å². The van der Waals surface area contributed by atoms with Gasteiger partial charge in [0.05, 0.1) is 11.6 Å². The molecule has 1 unspecified atom stereocenters. The van der Waals surface area contributed by atoms with Gasteiger partial charge in [0.2, 0.25) is 5.91 Å². The van der Waals surface area contributed by atoms with E-state index in [2.05, 4.69) is 27.0 Å². The number of hydrogen-bond donors (Lipinski definition) is 0. The molecule has 0 bridgehead atoms. The first-order valence-corrected chi connectivity index (χ1v) is 9.92. The van der Waals surface area contributed by atoms with Crippen LogP contribution in [-0.4, -0.2) is 72.2 Å². The van der Waals surface area contributed by atoms with Gasteiger partial charge in [-0.05, 0) is 56.3 Å². The third-order valence-corrected chi connectivity index (χ3v) is 5.70. The van der Waals surface area contributed by atoms with Gasteiger partial charge >= 0.3 is 0 Å². The molecule has 0 radical (unpaired) electrons. The molecule has 0 aliphatic carbocycles. The molecule has 2 saturated heterocycles. The molecule has 1 aromatic carbocycles. The van der Waals surface area contributed by atoms with Gasteiger partial charge in [0.25, 0.3) is 0 Å². The summed E-state index contributed by atoms with van der Waals surface area (Å²) in [4.78, 5) is 19.3. The van der Waals surface area contributed by atoms with Crippen LogP contribution in [0.1, 0.15) is 12.8 Å². The number of aromatic nitrogens is 2. The highest BCUT2D eigenvalue weighted by Crippen LogP contribution is 2.25. The molecule has 2 aromatic rings. The van der Waals surface area contributed by atoms with Gasteiger partial charge in [0, 0.05) is 44.8 Å². The SMILES string of the molecule is CN1CCN(C(=O)C2CCCN(c3ccc(-c4ccc(F)cc4)nn3)C2)CC1. The maximum absolute atomic E-state index is 13.1. The summed E-state index contributed by atoms with van der Waals surface area (Å²) in [5.41, 5.74) is 1.55. The second kappa shape index (κ2) is 8.22. The number of carbonyl (C=O) groups excluding carboxylic acids is 1. The lowest BCUT2D eigenvalue weighted by Crippen LogP contribution is -2.51. The molecule has 0 N–H and O–H groups in total. The van der Waals surface area contributed by atoms with Crippen molar-refractivity contribution in [3.8, 4) is 11.3 Å². The van der Waals surface area contributed by atoms with Gasteiger partial charge in [-0.2, -0.15) is 0 Å². The number of nitrogens with zero attached hydrogens (tertiary/aromatic N) is 5. The number of anilines is 1. The normalized spacial score (nSPS) is 21.0. The Balaban J connectivity index is 1.41. The van der Waals surface area contributed by atoms with Gasteiger partial charge < -0.3 is 14.7 Å². The van der Waals surface area contributed by atoms with Gasteiger partial charge in [0.1, 0.15) is 5.82 Å². The van der Waals surface area contributed by atoms with E-state index in [1.54, 1.807) is 12.1 Å². The van der Waals surface area contributed by atoms with Crippen molar-refractivity contribution in [3.05, 3.63) is 42.2 Å². The number of piperazine rings is 1. The topological polar surface area (TPSA) is 52.6 Å². The third-order valence-electron chi connectivity index (χ3n) is 5.70. The lowest BCUT2D eigenvalue weighted by atomic mass is 9.96. The van der Waals surface area contributed by atoms with Gasteiger partial charge in [-0.3, -0.25) is 4.79 Å². The first kappa shape index (κ1) is 18.8. The average Bonchev–Trinajstić information content (AvgIpc) is 2.75. The molecule has 148 valence electrons. The molecule has 4 rings (SSSR count). The van der Waals surface area contributed by atoms with Crippen LogP contribution in [0, 0.1) is 11.7 Å². The van der Waals surface area contributed by atoms with Crippen molar-refractivity contribution in [2.45, 2.75) is 12.8 Å². The Kier molecular flexibility index (Phi) is 5.52. The van der Waals surface area contributed by atoms with Crippen LogP contribution in [-0.2, 0) is 4.79 Å². The quantitative estimate of drug-likeness (QED) is 0.814. The van der Waals surface area contributed by atoms with Crippen molar-refractivity contribution in [1.82, 2.24) is 20.0 Å². The van der Waals surface area contributed by atoms with Crippen LogP contribution in [0.4, 0.5) is 10.2 Å². The Morgan fingerprint density at radius 2 is 1.75 bits per heavy atom. The number of hydrogen-bond acceptors (Lipinski definition) is 5. The van der Waals surface area contributed by atoms with Gasteiger partial charge in [-0.15, -0.1) is 10.2 Å². The van der Waals surface area contributed by atoms with E-state index in [0.29, 0.717) is 12.2 Å². The van der Waals surface area contributed by atoms with E-state index < -0.39 is 0 Å². The van der Waals surface area contributed by atoms with Crippen molar-refractivity contribution in [2.24, 2.45) is 5.92 Å². The van der Waals surface area contributed by atoms with Crippen molar-refractivity contribution < 1.29 is 9.18 Å². The van der Waals surface area contributed by atoms with Crippen LogP contribution < -0.4 is 4.90 Å². The minimum absolute atomic E-state index is 0.0238. The molecule has 3 heterocycles. The van der Waals surface area contributed by atoms with Gasteiger partial charge in [-0.25, -0.2) is 4.39 Å². The number of halogens is 1. The van der Waals surface area contributed by atoms with E-state index in [1.165, 1.54) is 12.1 Å². The maximum Gasteiger partial charge on any atom is 0.227 e. The number of amides is 1. The lowest BCUT2D eigenvalue weighted by Gasteiger charge is -2.38. The van der Waals surface area contributed by atoms with E-state index in [9.17, 15) is 9.18 Å². The molecule has 2 fully saturated rings. The highest BCUT2D eigenvalue weighted by atomic mass is 19.1. The summed E-state index contributed by atoms with van der Waals surface area (Å²) in [5, 5.41) is 8.67. The molecular formula is C21H26FN5O. The predicted molar refractivity (Wildman–Crippen MR) is 106 cm³/mol. The monoisotopic (exact) mass is 383 g/mol. The van der Waals surface area contributed by atoms with Crippen LogP contribution in [0.3, 0.4) is 0 Å². The molecule has 1 aromatic heterocycles. The molecule has 2 aliphatic heterocycles. The number of likely N-dealkylation sites (N-methyl/N-ethyl adjacent to an activating group) is 1. The first-order chi connectivity index (χ1) is 13.6. The van der Waals surface area contributed by atoms with Crippen molar-refractivity contribution in [3.63, 3.8) is 0 Å². The predicted octanol–water partition coefficient (Wildman–Crippen LogP) is 2.27.